The molecule has 8 atom stereocenters. The third kappa shape index (κ3) is 3.21. The Morgan fingerprint density at radius 1 is 1.03 bits per heavy atom. The highest BCUT2D eigenvalue weighted by molar-refractivity contribution is 5.85. The quantitative estimate of drug-likeness (QED) is 0.541. The van der Waals surface area contributed by atoms with E-state index in [0.29, 0.717) is 30.6 Å². The molecule has 30 heavy (non-hydrogen) atoms. The molecule has 2 unspecified atom stereocenters. The van der Waals surface area contributed by atoms with E-state index in [0.717, 1.165) is 51.4 Å². The fourth-order valence-electron chi connectivity index (χ4n) is 8.21. The van der Waals surface area contributed by atoms with Crippen LogP contribution in [0.1, 0.15) is 78.6 Å². The lowest BCUT2D eigenvalue weighted by Crippen LogP contribution is -2.63. The van der Waals surface area contributed by atoms with E-state index in [2.05, 4.69) is 13.8 Å². The van der Waals surface area contributed by atoms with Gasteiger partial charge >= 0.3 is 5.97 Å². The molecule has 4 aliphatic rings. The minimum Gasteiger partial charge on any atom is -0.464 e. The van der Waals surface area contributed by atoms with Gasteiger partial charge < -0.3 is 14.6 Å². The summed E-state index contributed by atoms with van der Waals surface area (Å²) in [6.45, 7) is 6.28. The summed E-state index contributed by atoms with van der Waals surface area (Å²) in [4.78, 5) is 34.8. The van der Waals surface area contributed by atoms with E-state index in [4.69, 9.17) is 9.47 Å². The van der Waals surface area contributed by atoms with Gasteiger partial charge in [-0.15, -0.1) is 0 Å². The van der Waals surface area contributed by atoms with E-state index in [1.165, 1.54) is 6.92 Å². The highest BCUT2D eigenvalue weighted by atomic mass is 16.5. The van der Waals surface area contributed by atoms with E-state index < -0.39 is 11.6 Å². The summed E-state index contributed by atoms with van der Waals surface area (Å²) in [7, 11) is 0. The van der Waals surface area contributed by atoms with E-state index in [1.54, 1.807) is 0 Å². The van der Waals surface area contributed by atoms with Gasteiger partial charge in [-0.2, -0.15) is 0 Å². The van der Waals surface area contributed by atoms with E-state index in [-0.39, 0.29) is 35.2 Å². The zero-order chi connectivity index (χ0) is 21.7. The Morgan fingerprint density at radius 3 is 2.50 bits per heavy atom. The van der Waals surface area contributed by atoms with Crippen molar-refractivity contribution in [3.8, 4) is 0 Å². The van der Waals surface area contributed by atoms with Crippen LogP contribution >= 0.6 is 0 Å². The van der Waals surface area contributed by atoms with Crippen molar-refractivity contribution < 1.29 is 29.0 Å². The number of carbonyl (C=O) groups excluding carboxylic acids is 3. The van der Waals surface area contributed by atoms with Gasteiger partial charge in [-0.1, -0.05) is 13.8 Å². The number of esters is 1. The van der Waals surface area contributed by atoms with Gasteiger partial charge in [-0.3, -0.25) is 14.4 Å². The van der Waals surface area contributed by atoms with E-state index >= 15 is 0 Å². The fourth-order valence-corrected chi connectivity index (χ4v) is 8.21. The third-order valence-corrected chi connectivity index (χ3v) is 9.82. The van der Waals surface area contributed by atoms with Crippen LogP contribution < -0.4 is 0 Å². The summed E-state index contributed by atoms with van der Waals surface area (Å²) in [5, 5.41) is 11.7. The van der Waals surface area contributed by atoms with Gasteiger partial charge in [0, 0.05) is 19.3 Å². The Hall–Kier alpha value is -1.43. The number of fused-ring (bicyclic) bond motifs is 5. The summed E-state index contributed by atoms with van der Waals surface area (Å²) in [5.41, 5.74) is -0.987. The molecule has 0 spiro atoms. The molecule has 6 heteroatoms. The van der Waals surface area contributed by atoms with E-state index in [1.807, 2.05) is 0 Å². The lowest BCUT2D eigenvalue weighted by Gasteiger charge is -2.64. The number of hydrogen-bond acceptors (Lipinski definition) is 6. The van der Waals surface area contributed by atoms with Crippen molar-refractivity contribution >= 4 is 18.2 Å². The molecule has 0 aromatic heterocycles. The molecule has 0 heterocycles. The minimum absolute atomic E-state index is 0.0341. The number of hydrogen-bond donors (Lipinski definition) is 1. The average Bonchev–Trinajstić information content (AvgIpc) is 3.04. The molecule has 0 amide bonds. The zero-order valence-electron chi connectivity index (χ0n) is 18.5. The van der Waals surface area contributed by atoms with Crippen molar-refractivity contribution in [1.29, 1.82) is 0 Å². The molecule has 0 saturated heterocycles. The van der Waals surface area contributed by atoms with Gasteiger partial charge in [0.1, 0.15) is 12.7 Å². The highest BCUT2D eigenvalue weighted by Crippen LogP contribution is 2.68. The summed E-state index contributed by atoms with van der Waals surface area (Å²) in [6.07, 6.45) is 7.67. The van der Waals surface area contributed by atoms with Crippen LogP contribution in [0.15, 0.2) is 0 Å². The molecule has 4 aliphatic carbocycles. The van der Waals surface area contributed by atoms with E-state index in [9.17, 15) is 19.5 Å². The van der Waals surface area contributed by atoms with Gasteiger partial charge in [0.2, 0.25) is 0 Å². The first kappa shape index (κ1) is 21.8. The molecule has 168 valence electrons. The Morgan fingerprint density at radius 2 is 1.80 bits per heavy atom. The lowest BCUT2D eigenvalue weighted by molar-refractivity contribution is -0.222. The summed E-state index contributed by atoms with van der Waals surface area (Å²) < 4.78 is 10.2. The minimum atomic E-state index is -0.781. The topological polar surface area (TPSA) is 89.9 Å². The molecule has 0 aromatic carbocycles. The van der Waals surface area contributed by atoms with Crippen molar-refractivity contribution in [1.82, 2.24) is 0 Å². The number of ether oxygens (including phenoxy) is 2. The third-order valence-electron chi connectivity index (χ3n) is 9.82. The molecule has 0 aromatic rings. The van der Waals surface area contributed by atoms with Gasteiger partial charge in [0.25, 0.3) is 6.47 Å². The summed E-state index contributed by atoms with van der Waals surface area (Å²) in [5.74, 6) is 1.07. The standard InChI is InChI=1S/C24H36O6/c1-15(26)29-13-21(27)20-5-4-18-17-7-11-24(28)12-16(30-14-25)6-10-23(24,3)19(17)8-9-22(18,20)2/h14,16-20,28H,4-13H2,1-3H3/t16?,17-,18-,19-,20+,22-,23+,24?/m0/s1. The predicted molar refractivity (Wildman–Crippen MR) is 109 cm³/mol. The molecular formula is C24H36O6. The van der Waals surface area contributed by atoms with Crippen molar-refractivity contribution in [3.05, 3.63) is 0 Å². The fraction of sp³-hybridized carbons (Fsp3) is 0.875. The molecule has 4 saturated carbocycles. The number of rotatable bonds is 5. The Bertz CT molecular complexity index is 720. The second kappa shape index (κ2) is 7.61. The first-order valence-electron chi connectivity index (χ1n) is 11.6. The summed E-state index contributed by atoms with van der Waals surface area (Å²) >= 11 is 0. The van der Waals surface area contributed by atoms with Crippen molar-refractivity contribution in [2.75, 3.05) is 6.61 Å². The second-order valence-electron chi connectivity index (χ2n) is 10.9. The van der Waals surface area contributed by atoms with Gasteiger partial charge in [-0.25, -0.2) is 0 Å². The van der Waals surface area contributed by atoms with Crippen LogP contribution in [0.2, 0.25) is 0 Å². The Balaban J connectivity index is 1.53. The Kier molecular flexibility index (Phi) is 5.53. The molecule has 0 radical (unpaired) electrons. The first-order valence-corrected chi connectivity index (χ1v) is 11.6. The van der Waals surface area contributed by atoms with Crippen LogP contribution in [-0.4, -0.2) is 41.6 Å². The average molecular weight is 421 g/mol. The maximum absolute atomic E-state index is 12.9. The van der Waals surface area contributed by atoms with Gasteiger partial charge in [-0.05, 0) is 80.0 Å². The highest BCUT2D eigenvalue weighted by Gasteiger charge is 2.65. The monoisotopic (exact) mass is 420 g/mol. The van der Waals surface area contributed by atoms with Crippen LogP contribution in [-0.2, 0) is 23.9 Å². The molecule has 4 fully saturated rings. The van der Waals surface area contributed by atoms with Crippen molar-refractivity contribution in [2.45, 2.75) is 90.3 Å². The molecule has 4 rings (SSSR count). The maximum Gasteiger partial charge on any atom is 0.303 e. The molecule has 1 N–H and O–H groups in total. The zero-order valence-corrected chi connectivity index (χ0v) is 18.5. The molecular weight excluding hydrogens is 384 g/mol. The molecule has 0 aliphatic heterocycles. The first-order chi connectivity index (χ1) is 14.1. The van der Waals surface area contributed by atoms with Gasteiger partial charge in [0.05, 0.1) is 5.60 Å². The number of aliphatic hydroxyl groups is 1. The van der Waals surface area contributed by atoms with Crippen LogP contribution in [0.5, 0.6) is 0 Å². The Labute approximate surface area is 179 Å². The molecule has 6 nitrogen and oxygen atoms in total. The van der Waals surface area contributed by atoms with Crippen molar-refractivity contribution in [2.24, 2.45) is 34.5 Å². The second-order valence-corrected chi connectivity index (χ2v) is 10.9. The smallest absolute Gasteiger partial charge is 0.303 e. The largest absolute Gasteiger partial charge is 0.464 e. The normalized spacial score (nSPS) is 47.4. The predicted octanol–water partition coefficient (Wildman–Crippen LogP) is 3.43. The SMILES string of the molecule is CC(=O)OCC(=O)[C@H]1CC[C@H]2[C@@H]3CCC4(O)CC(OC=O)CC[C@]4(C)[C@H]3CC[C@]12C. The van der Waals surface area contributed by atoms with Crippen LogP contribution in [0.4, 0.5) is 0 Å². The number of Topliss-reactive ketones (excluding diaryl/α,β-unsaturated/α-hetero) is 1. The molecule has 0 bridgehead atoms. The lowest BCUT2D eigenvalue weighted by atomic mass is 9.43. The van der Waals surface area contributed by atoms with Crippen LogP contribution in [0.3, 0.4) is 0 Å². The van der Waals surface area contributed by atoms with Crippen LogP contribution in [0, 0.1) is 34.5 Å². The number of carbonyl (C=O) groups is 3. The summed E-state index contributed by atoms with van der Waals surface area (Å²) in [6, 6.07) is 0. The number of ketones is 1. The maximum atomic E-state index is 12.9. The van der Waals surface area contributed by atoms with Gasteiger partial charge in [0.15, 0.2) is 5.78 Å². The van der Waals surface area contributed by atoms with Crippen molar-refractivity contribution in [3.63, 3.8) is 0 Å². The van der Waals surface area contributed by atoms with Crippen LogP contribution in [0.25, 0.3) is 0 Å².